The second-order valence-electron chi connectivity index (χ2n) is 12.3. The highest BCUT2D eigenvalue weighted by atomic mass is 16.8. The standard InChI is InChI=1S/C33H40N2O7/c1-5-32(20-41-31(2,3)42-32)17-22-23(18-36)26(29(37)39-4)27-33(24-13-9-10-14-25(24)34-27)15-16-35(28(22)33)30(38)40-19-21-11-7-6-8-12-21/h6-14,22-23,28,34,36H,5,15-20H2,1-4H3/t22-,23-,28+,32+,33+/m0/s1. The Morgan fingerprint density at radius 2 is 1.86 bits per heavy atom. The fraction of sp³-hybridized carbons (Fsp3) is 0.515. The summed E-state index contributed by atoms with van der Waals surface area (Å²) in [7, 11) is 1.37. The lowest BCUT2D eigenvalue weighted by Gasteiger charge is -2.50. The highest BCUT2D eigenvalue weighted by molar-refractivity contribution is 5.94. The fourth-order valence-corrected chi connectivity index (χ4v) is 7.89. The Hall–Kier alpha value is -3.40. The molecule has 4 aliphatic rings. The number of aliphatic hydroxyl groups is 1. The first kappa shape index (κ1) is 28.7. The molecule has 0 unspecified atom stereocenters. The molecule has 2 saturated heterocycles. The molecule has 0 saturated carbocycles. The van der Waals surface area contributed by atoms with Gasteiger partial charge in [-0.25, -0.2) is 9.59 Å². The SMILES string of the molecule is CC[C@@]1(C[C@H]2[C@H](CO)C(C(=O)OC)=C3Nc4ccccc4[C@]34CCN(C(=O)OCc3ccccc3)[C@H]24)COC(C)(C)O1. The van der Waals surface area contributed by atoms with E-state index in [1.165, 1.54) is 7.11 Å². The zero-order chi connectivity index (χ0) is 29.7. The summed E-state index contributed by atoms with van der Waals surface area (Å²) in [6.07, 6.45) is 1.32. The average molecular weight is 577 g/mol. The number of nitrogens with zero attached hydrogens (tertiary/aromatic N) is 1. The van der Waals surface area contributed by atoms with Crippen molar-refractivity contribution >= 4 is 17.7 Å². The van der Waals surface area contributed by atoms with Crippen LogP contribution in [0, 0.1) is 11.8 Å². The van der Waals surface area contributed by atoms with E-state index in [-0.39, 0.29) is 19.1 Å². The molecule has 0 radical (unpaired) electrons. The largest absolute Gasteiger partial charge is 0.466 e. The molecule has 2 fully saturated rings. The van der Waals surface area contributed by atoms with E-state index < -0.39 is 40.8 Å². The van der Waals surface area contributed by atoms with Crippen LogP contribution < -0.4 is 5.32 Å². The van der Waals surface area contributed by atoms with Crippen LogP contribution in [0.5, 0.6) is 0 Å². The van der Waals surface area contributed by atoms with Gasteiger partial charge < -0.3 is 34.3 Å². The molecule has 0 bridgehead atoms. The number of carbonyl (C=O) groups is 2. The summed E-state index contributed by atoms with van der Waals surface area (Å²) < 4.78 is 23.8. The number of fused-ring (bicyclic) bond motifs is 1. The van der Waals surface area contributed by atoms with Gasteiger partial charge in [0.1, 0.15) is 6.61 Å². The molecular weight excluding hydrogens is 536 g/mol. The Morgan fingerprint density at radius 3 is 2.52 bits per heavy atom. The molecule has 1 aliphatic carbocycles. The van der Waals surface area contributed by atoms with Crippen molar-refractivity contribution in [3.8, 4) is 0 Å². The third-order valence-corrected chi connectivity index (χ3v) is 9.70. The number of amides is 1. The van der Waals surface area contributed by atoms with Crippen molar-refractivity contribution in [2.75, 3.05) is 32.2 Å². The summed E-state index contributed by atoms with van der Waals surface area (Å²) in [5.74, 6) is -2.21. The lowest BCUT2D eigenvalue weighted by atomic mass is 9.58. The number of para-hydroxylation sites is 1. The number of methoxy groups -OCH3 is 1. The molecule has 1 spiro atoms. The Labute approximate surface area is 246 Å². The van der Waals surface area contributed by atoms with E-state index >= 15 is 0 Å². The van der Waals surface area contributed by atoms with Crippen molar-refractivity contribution < 1.29 is 33.6 Å². The van der Waals surface area contributed by atoms with Crippen LogP contribution >= 0.6 is 0 Å². The Morgan fingerprint density at radius 1 is 1.12 bits per heavy atom. The van der Waals surface area contributed by atoms with Crippen LogP contribution in [0.25, 0.3) is 0 Å². The normalized spacial score (nSPS) is 30.8. The number of likely N-dealkylation sites (tertiary alicyclic amines) is 1. The first-order chi connectivity index (χ1) is 20.2. The summed E-state index contributed by atoms with van der Waals surface area (Å²) >= 11 is 0. The summed E-state index contributed by atoms with van der Waals surface area (Å²) in [4.78, 5) is 29.3. The highest BCUT2D eigenvalue weighted by Crippen LogP contribution is 2.61. The molecule has 224 valence electrons. The number of esters is 1. The average Bonchev–Trinajstić information content (AvgIpc) is 3.66. The third-order valence-electron chi connectivity index (χ3n) is 9.70. The molecule has 3 heterocycles. The Kier molecular flexibility index (Phi) is 7.32. The molecule has 6 rings (SSSR count). The first-order valence-corrected chi connectivity index (χ1v) is 14.8. The van der Waals surface area contributed by atoms with Crippen LogP contribution in [0.3, 0.4) is 0 Å². The van der Waals surface area contributed by atoms with Crippen LogP contribution in [0.2, 0.25) is 0 Å². The number of hydrogen-bond donors (Lipinski definition) is 2. The van der Waals surface area contributed by atoms with Gasteiger partial charge in [0.2, 0.25) is 0 Å². The summed E-state index contributed by atoms with van der Waals surface area (Å²) in [5.41, 5.74) is 2.60. The zero-order valence-corrected chi connectivity index (χ0v) is 24.7. The third kappa shape index (κ3) is 4.49. The lowest BCUT2D eigenvalue weighted by molar-refractivity contribution is -0.168. The van der Waals surface area contributed by atoms with Crippen molar-refractivity contribution in [2.45, 2.75) is 69.5 Å². The van der Waals surface area contributed by atoms with E-state index in [2.05, 4.69) is 18.3 Å². The van der Waals surface area contributed by atoms with Crippen LogP contribution in [-0.2, 0) is 35.8 Å². The quantitative estimate of drug-likeness (QED) is 0.455. The van der Waals surface area contributed by atoms with Crippen molar-refractivity contribution in [3.63, 3.8) is 0 Å². The minimum absolute atomic E-state index is 0.152. The Balaban J connectivity index is 1.48. The molecule has 0 aromatic heterocycles. The van der Waals surface area contributed by atoms with Gasteiger partial charge in [0.15, 0.2) is 5.79 Å². The number of ether oxygens (including phenoxy) is 4. The number of benzene rings is 2. The first-order valence-electron chi connectivity index (χ1n) is 14.8. The van der Waals surface area contributed by atoms with Crippen LogP contribution in [0.4, 0.5) is 10.5 Å². The highest BCUT2D eigenvalue weighted by Gasteiger charge is 2.66. The van der Waals surface area contributed by atoms with Gasteiger partial charge >= 0.3 is 12.1 Å². The number of aliphatic hydroxyl groups excluding tert-OH is 1. The monoisotopic (exact) mass is 576 g/mol. The molecule has 1 amide bonds. The van der Waals surface area contributed by atoms with Crippen molar-refractivity contribution in [3.05, 3.63) is 77.0 Å². The number of anilines is 1. The summed E-state index contributed by atoms with van der Waals surface area (Å²) in [6.45, 7) is 6.53. The topological polar surface area (TPSA) is 107 Å². The second kappa shape index (κ2) is 10.7. The predicted octanol–water partition coefficient (Wildman–Crippen LogP) is 4.75. The summed E-state index contributed by atoms with van der Waals surface area (Å²) in [5, 5.41) is 14.5. The van der Waals surface area contributed by atoms with Gasteiger partial charge in [-0.2, -0.15) is 0 Å². The van der Waals surface area contributed by atoms with E-state index in [9.17, 15) is 14.7 Å². The maximum atomic E-state index is 13.9. The van der Waals surface area contributed by atoms with E-state index in [1.54, 1.807) is 0 Å². The predicted molar refractivity (Wildman–Crippen MR) is 155 cm³/mol. The molecule has 2 aromatic rings. The minimum atomic E-state index is -0.769. The summed E-state index contributed by atoms with van der Waals surface area (Å²) in [6, 6.07) is 17.2. The van der Waals surface area contributed by atoms with Gasteiger partial charge in [0.25, 0.3) is 0 Å². The molecular formula is C33H40N2O7. The van der Waals surface area contributed by atoms with Crippen molar-refractivity contribution in [1.29, 1.82) is 0 Å². The molecule has 42 heavy (non-hydrogen) atoms. The van der Waals surface area contributed by atoms with E-state index in [0.29, 0.717) is 43.7 Å². The zero-order valence-electron chi connectivity index (χ0n) is 24.7. The van der Waals surface area contributed by atoms with Crippen LogP contribution in [0.15, 0.2) is 65.9 Å². The minimum Gasteiger partial charge on any atom is -0.466 e. The van der Waals surface area contributed by atoms with Gasteiger partial charge in [-0.05, 0) is 56.2 Å². The van der Waals surface area contributed by atoms with Gasteiger partial charge in [-0.3, -0.25) is 0 Å². The fourth-order valence-electron chi connectivity index (χ4n) is 7.89. The van der Waals surface area contributed by atoms with Crippen molar-refractivity contribution in [2.24, 2.45) is 11.8 Å². The number of nitrogens with one attached hydrogen (secondary N) is 1. The molecule has 3 aliphatic heterocycles. The van der Waals surface area contributed by atoms with E-state index in [1.807, 2.05) is 67.3 Å². The smallest absolute Gasteiger partial charge is 0.410 e. The van der Waals surface area contributed by atoms with Gasteiger partial charge in [0.05, 0.1) is 43.0 Å². The van der Waals surface area contributed by atoms with Crippen molar-refractivity contribution in [1.82, 2.24) is 4.90 Å². The Bertz CT molecular complexity index is 1390. The molecule has 2 N–H and O–H groups in total. The number of rotatable bonds is 7. The molecule has 9 heteroatoms. The van der Waals surface area contributed by atoms with Gasteiger partial charge in [-0.1, -0.05) is 55.5 Å². The van der Waals surface area contributed by atoms with Gasteiger partial charge in [0, 0.05) is 23.8 Å². The molecule has 2 aromatic carbocycles. The maximum absolute atomic E-state index is 13.9. The van der Waals surface area contributed by atoms with E-state index in [4.69, 9.17) is 18.9 Å². The second-order valence-corrected chi connectivity index (χ2v) is 12.3. The number of carbonyl (C=O) groups excluding carboxylic acids is 2. The van der Waals surface area contributed by atoms with Gasteiger partial charge in [-0.15, -0.1) is 0 Å². The molecule has 9 nitrogen and oxygen atoms in total. The van der Waals surface area contributed by atoms with Crippen LogP contribution in [-0.4, -0.2) is 66.4 Å². The maximum Gasteiger partial charge on any atom is 0.410 e. The van der Waals surface area contributed by atoms with E-state index in [0.717, 1.165) is 16.8 Å². The molecule has 5 atom stereocenters. The lowest BCUT2D eigenvalue weighted by Crippen LogP contribution is -2.58. The van der Waals surface area contributed by atoms with Crippen LogP contribution in [0.1, 0.15) is 51.2 Å². The number of hydrogen-bond acceptors (Lipinski definition) is 8.